The number of anilines is 3. The summed E-state index contributed by atoms with van der Waals surface area (Å²) in [6, 6.07) is 0. The van der Waals surface area contributed by atoms with E-state index in [1.54, 1.807) is 4.90 Å². The third-order valence-corrected chi connectivity index (χ3v) is 6.30. The van der Waals surface area contributed by atoms with Crippen LogP contribution in [0.2, 0.25) is 0 Å². The lowest BCUT2D eigenvalue weighted by molar-refractivity contribution is -0.140. The minimum Gasteiger partial charge on any atom is -0.381 e. The molecule has 3 aromatic heterocycles. The van der Waals surface area contributed by atoms with E-state index < -0.39 is 17.5 Å². The highest BCUT2D eigenvalue weighted by Crippen LogP contribution is 2.33. The third-order valence-electron chi connectivity index (χ3n) is 6.30. The van der Waals surface area contributed by atoms with Crippen LogP contribution in [0.15, 0.2) is 24.8 Å². The Kier molecular flexibility index (Phi) is 6.16. The zero-order valence-electron chi connectivity index (χ0n) is 18.8. The Morgan fingerprint density at radius 3 is 2.57 bits per heavy atom. The van der Waals surface area contributed by atoms with Gasteiger partial charge < -0.3 is 25.6 Å². The molecule has 3 N–H and O–H groups in total. The molecule has 5 rings (SSSR count). The Labute approximate surface area is 198 Å². The van der Waals surface area contributed by atoms with E-state index in [4.69, 9.17) is 10.5 Å². The Bertz CT molecular complexity index is 1270. The van der Waals surface area contributed by atoms with Crippen molar-refractivity contribution in [1.82, 2.24) is 24.5 Å². The van der Waals surface area contributed by atoms with Crippen molar-refractivity contribution in [2.24, 2.45) is 5.92 Å². The lowest BCUT2D eigenvalue weighted by atomic mass is 9.94. The first-order valence-corrected chi connectivity index (χ1v) is 11.3. The molecule has 11 nitrogen and oxygen atoms in total. The van der Waals surface area contributed by atoms with Gasteiger partial charge in [0.05, 0.1) is 43.7 Å². The fourth-order valence-electron chi connectivity index (χ4n) is 4.56. The molecule has 0 atom stereocenters. The maximum Gasteiger partial charge on any atom is 0.263 e. The Hall–Kier alpha value is -3.87. The second-order valence-electron chi connectivity index (χ2n) is 8.47. The summed E-state index contributed by atoms with van der Waals surface area (Å²) in [6.45, 7) is 3.12. The van der Waals surface area contributed by atoms with Crippen molar-refractivity contribution >= 4 is 34.7 Å². The number of nitrogens with two attached hydrogens (primary N) is 1. The van der Waals surface area contributed by atoms with Crippen LogP contribution in [-0.2, 0) is 9.53 Å². The molecule has 5 heterocycles. The first-order chi connectivity index (χ1) is 16.9. The van der Waals surface area contributed by atoms with E-state index in [0.29, 0.717) is 52.2 Å². The van der Waals surface area contributed by atoms with E-state index >= 15 is 0 Å². The van der Waals surface area contributed by atoms with E-state index in [1.807, 2.05) is 4.90 Å². The van der Waals surface area contributed by atoms with Crippen LogP contribution < -0.4 is 16.0 Å². The topological polar surface area (TPSA) is 131 Å². The molecule has 2 saturated heterocycles. The second kappa shape index (κ2) is 9.41. The van der Waals surface area contributed by atoms with Crippen molar-refractivity contribution in [2.75, 3.05) is 55.3 Å². The fraction of sp³-hybridized carbons (Fsp3) is 0.409. The molecule has 184 valence electrons. The van der Waals surface area contributed by atoms with Gasteiger partial charge in [-0.15, -0.1) is 5.10 Å². The second-order valence-corrected chi connectivity index (χ2v) is 8.47. The van der Waals surface area contributed by atoms with Crippen LogP contribution >= 0.6 is 0 Å². The van der Waals surface area contributed by atoms with Crippen molar-refractivity contribution in [3.8, 4) is 0 Å². The number of amides is 2. The number of hydrogen-bond acceptors (Lipinski definition) is 8. The lowest BCUT2D eigenvalue weighted by Gasteiger charge is -2.37. The number of halogens is 2. The Morgan fingerprint density at radius 1 is 1.09 bits per heavy atom. The molecule has 0 spiro atoms. The standard InChI is InChI=1S/C22H24F2N8O3/c23-14-9-27-20-17(19(25)29-32(20)12-14)21(33)28-16-11-26-10-15(24)18(16)30-3-1-13(2-4-30)22(34)31-5-7-35-8-6-31/h9-13H,1-8H2,(H2,25,29)(H,28,33). The SMILES string of the molecule is Nc1nn2cc(F)cnc2c1C(=O)Nc1cncc(F)c1N1CCC(C(=O)N2CCOCC2)CC1. The number of aromatic nitrogens is 4. The van der Waals surface area contributed by atoms with Crippen molar-refractivity contribution in [2.45, 2.75) is 12.8 Å². The molecule has 3 aromatic rings. The highest BCUT2D eigenvalue weighted by atomic mass is 19.1. The van der Waals surface area contributed by atoms with E-state index in [0.717, 1.165) is 23.1 Å². The Morgan fingerprint density at radius 2 is 1.83 bits per heavy atom. The summed E-state index contributed by atoms with van der Waals surface area (Å²) < 4.78 is 34.8. The molecule has 0 aliphatic carbocycles. The summed E-state index contributed by atoms with van der Waals surface area (Å²) in [7, 11) is 0. The normalized spacial score (nSPS) is 17.1. The van der Waals surface area contributed by atoms with Crippen LogP contribution in [0.4, 0.5) is 26.0 Å². The van der Waals surface area contributed by atoms with Crippen LogP contribution in [0.3, 0.4) is 0 Å². The van der Waals surface area contributed by atoms with E-state index in [1.165, 1.54) is 6.20 Å². The zero-order chi connectivity index (χ0) is 24.5. The number of fused-ring (bicyclic) bond motifs is 1. The minimum absolute atomic E-state index is 0.0602. The van der Waals surface area contributed by atoms with Gasteiger partial charge in [0, 0.05) is 32.1 Å². The van der Waals surface area contributed by atoms with Gasteiger partial charge in [-0.1, -0.05) is 0 Å². The summed E-state index contributed by atoms with van der Waals surface area (Å²) in [4.78, 5) is 37.3. The van der Waals surface area contributed by atoms with Gasteiger partial charge >= 0.3 is 0 Å². The van der Waals surface area contributed by atoms with Crippen molar-refractivity contribution in [3.63, 3.8) is 0 Å². The first-order valence-electron chi connectivity index (χ1n) is 11.3. The van der Waals surface area contributed by atoms with Crippen LogP contribution in [0, 0.1) is 17.6 Å². The third kappa shape index (κ3) is 4.46. The number of rotatable bonds is 4. The maximum absolute atomic E-state index is 14.9. The first kappa shape index (κ1) is 22.9. The molecule has 0 bridgehead atoms. The highest BCUT2D eigenvalue weighted by Gasteiger charge is 2.31. The lowest BCUT2D eigenvalue weighted by Crippen LogP contribution is -2.47. The zero-order valence-corrected chi connectivity index (χ0v) is 18.8. The Balaban J connectivity index is 1.33. The van der Waals surface area contributed by atoms with Gasteiger partial charge in [0.2, 0.25) is 5.91 Å². The van der Waals surface area contributed by atoms with Gasteiger partial charge in [0.25, 0.3) is 5.91 Å². The number of pyridine rings is 1. The average molecular weight is 486 g/mol. The molecule has 0 aromatic carbocycles. The van der Waals surface area contributed by atoms with E-state index in [9.17, 15) is 18.4 Å². The summed E-state index contributed by atoms with van der Waals surface area (Å²) >= 11 is 0. The van der Waals surface area contributed by atoms with Crippen LogP contribution in [0.5, 0.6) is 0 Å². The number of nitrogen functional groups attached to an aromatic ring is 1. The van der Waals surface area contributed by atoms with Crippen molar-refractivity contribution < 1.29 is 23.1 Å². The van der Waals surface area contributed by atoms with Crippen molar-refractivity contribution in [1.29, 1.82) is 0 Å². The van der Waals surface area contributed by atoms with E-state index in [2.05, 4.69) is 20.4 Å². The molecule has 2 aliphatic rings. The van der Waals surface area contributed by atoms with Crippen LogP contribution in [0.25, 0.3) is 5.65 Å². The molecular weight excluding hydrogens is 462 g/mol. The van der Waals surface area contributed by atoms with E-state index in [-0.39, 0.29) is 40.2 Å². The number of nitrogens with one attached hydrogen (secondary N) is 1. The largest absolute Gasteiger partial charge is 0.381 e. The number of carbonyl (C=O) groups excluding carboxylic acids is 2. The van der Waals surface area contributed by atoms with Gasteiger partial charge in [-0.3, -0.25) is 14.6 Å². The van der Waals surface area contributed by atoms with Gasteiger partial charge in [0.1, 0.15) is 11.3 Å². The minimum atomic E-state index is -0.678. The molecule has 35 heavy (non-hydrogen) atoms. The molecule has 0 unspecified atom stereocenters. The van der Waals surface area contributed by atoms with Crippen LogP contribution in [-0.4, -0.2) is 75.7 Å². The van der Waals surface area contributed by atoms with Gasteiger partial charge in [-0.2, -0.15) is 0 Å². The molecular formula is C22H24F2N8O3. The highest BCUT2D eigenvalue weighted by molar-refractivity contribution is 6.12. The van der Waals surface area contributed by atoms with Gasteiger partial charge in [0.15, 0.2) is 23.1 Å². The number of morpholine rings is 1. The van der Waals surface area contributed by atoms with Gasteiger partial charge in [-0.05, 0) is 12.8 Å². The van der Waals surface area contributed by atoms with Crippen LogP contribution in [0.1, 0.15) is 23.2 Å². The van der Waals surface area contributed by atoms with Gasteiger partial charge in [-0.25, -0.2) is 18.3 Å². The molecule has 2 aliphatic heterocycles. The smallest absolute Gasteiger partial charge is 0.263 e. The molecule has 2 fully saturated rings. The molecule has 2 amide bonds. The predicted molar refractivity (Wildman–Crippen MR) is 122 cm³/mol. The summed E-state index contributed by atoms with van der Waals surface area (Å²) in [5, 5.41) is 6.56. The monoisotopic (exact) mass is 486 g/mol. The maximum atomic E-state index is 14.9. The average Bonchev–Trinajstić information content (AvgIpc) is 3.19. The predicted octanol–water partition coefficient (Wildman–Crippen LogP) is 1.31. The number of ether oxygens (including phenoxy) is 1. The molecule has 13 heteroatoms. The molecule has 0 saturated carbocycles. The summed E-state index contributed by atoms with van der Waals surface area (Å²) in [6.07, 6.45) is 5.53. The number of carbonyl (C=O) groups is 2. The quantitative estimate of drug-likeness (QED) is 0.565. The number of piperidine rings is 1. The summed E-state index contributed by atoms with van der Waals surface area (Å²) in [5.41, 5.74) is 6.21. The molecule has 0 radical (unpaired) electrons. The number of nitrogens with zero attached hydrogens (tertiary/aromatic N) is 6. The fourth-order valence-corrected chi connectivity index (χ4v) is 4.56. The summed E-state index contributed by atoms with van der Waals surface area (Å²) in [5.74, 6) is -2.11. The number of hydrogen-bond donors (Lipinski definition) is 2. The van der Waals surface area contributed by atoms with Crippen molar-refractivity contribution in [3.05, 3.63) is 42.0 Å².